The maximum absolute atomic E-state index is 13.1. The molecule has 0 saturated carbocycles. The molecule has 4 rings (SSSR count). The van der Waals surface area contributed by atoms with Crippen LogP contribution in [0.3, 0.4) is 0 Å². The number of nitrogens with zero attached hydrogens (tertiary/aromatic N) is 2. The summed E-state index contributed by atoms with van der Waals surface area (Å²) in [5, 5.41) is 0.154. The highest BCUT2D eigenvalue weighted by molar-refractivity contribution is 7.92. The van der Waals surface area contributed by atoms with Crippen LogP contribution in [0, 0.1) is 12.7 Å². The molecular weight excluding hydrogens is 465 g/mol. The molecule has 9 heteroatoms. The third-order valence-corrected chi connectivity index (χ3v) is 7.23. The first-order chi connectivity index (χ1) is 15.7. The van der Waals surface area contributed by atoms with Gasteiger partial charge in [-0.1, -0.05) is 23.7 Å². The van der Waals surface area contributed by atoms with Crippen LogP contribution < -0.4 is 9.62 Å². The number of anilines is 2. The number of amides is 1. The average molecular weight is 488 g/mol. The number of carbonyl (C=O) groups is 1. The summed E-state index contributed by atoms with van der Waals surface area (Å²) >= 11 is 6.19. The second kappa shape index (κ2) is 9.41. The van der Waals surface area contributed by atoms with Gasteiger partial charge in [-0.05, 0) is 67.1 Å². The highest BCUT2D eigenvalue weighted by atomic mass is 35.5. The molecule has 0 aliphatic carbocycles. The lowest BCUT2D eigenvalue weighted by Gasteiger charge is -2.36. The summed E-state index contributed by atoms with van der Waals surface area (Å²) in [6.45, 7) is 4.55. The van der Waals surface area contributed by atoms with Crippen molar-refractivity contribution in [1.82, 2.24) is 4.90 Å². The van der Waals surface area contributed by atoms with E-state index >= 15 is 0 Å². The number of halogens is 2. The van der Waals surface area contributed by atoms with E-state index in [1.165, 1.54) is 17.7 Å². The lowest BCUT2D eigenvalue weighted by Crippen LogP contribution is -2.48. The number of aryl methyl sites for hydroxylation is 1. The van der Waals surface area contributed by atoms with Gasteiger partial charge in [0.25, 0.3) is 15.9 Å². The molecule has 0 aromatic heterocycles. The van der Waals surface area contributed by atoms with E-state index in [1.807, 2.05) is 19.1 Å². The van der Waals surface area contributed by atoms with Crippen LogP contribution in [-0.2, 0) is 10.0 Å². The monoisotopic (exact) mass is 487 g/mol. The van der Waals surface area contributed by atoms with E-state index in [9.17, 15) is 17.6 Å². The molecule has 0 spiro atoms. The van der Waals surface area contributed by atoms with Crippen molar-refractivity contribution in [3.63, 3.8) is 0 Å². The van der Waals surface area contributed by atoms with Crippen molar-refractivity contribution in [3.05, 3.63) is 88.7 Å². The van der Waals surface area contributed by atoms with Crippen molar-refractivity contribution in [1.29, 1.82) is 0 Å². The molecule has 1 aliphatic rings. The summed E-state index contributed by atoms with van der Waals surface area (Å²) in [4.78, 5) is 17.0. The molecule has 1 saturated heterocycles. The molecule has 0 radical (unpaired) electrons. The first-order valence-electron chi connectivity index (χ1n) is 10.4. The van der Waals surface area contributed by atoms with Crippen molar-refractivity contribution in [2.45, 2.75) is 11.8 Å². The van der Waals surface area contributed by atoms with Crippen LogP contribution in [-0.4, -0.2) is 45.4 Å². The van der Waals surface area contributed by atoms with Crippen LogP contribution in [0.1, 0.15) is 15.9 Å². The Bertz CT molecular complexity index is 1270. The summed E-state index contributed by atoms with van der Waals surface area (Å²) in [7, 11) is -3.99. The maximum atomic E-state index is 13.1. The zero-order chi connectivity index (χ0) is 23.6. The fourth-order valence-electron chi connectivity index (χ4n) is 3.73. The normalized spacial score (nSPS) is 14.3. The van der Waals surface area contributed by atoms with Crippen LogP contribution in [0.2, 0.25) is 5.02 Å². The molecule has 3 aromatic carbocycles. The summed E-state index contributed by atoms with van der Waals surface area (Å²) in [6, 6.07) is 17.2. The summed E-state index contributed by atoms with van der Waals surface area (Å²) in [6.07, 6.45) is 0. The second-order valence-electron chi connectivity index (χ2n) is 7.87. The van der Waals surface area contributed by atoms with E-state index in [2.05, 4.69) is 21.8 Å². The molecule has 0 bridgehead atoms. The van der Waals surface area contributed by atoms with E-state index < -0.39 is 15.8 Å². The molecule has 0 atom stereocenters. The minimum absolute atomic E-state index is 0.0882. The van der Waals surface area contributed by atoms with Crippen molar-refractivity contribution >= 4 is 38.9 Å². The Morgan fingerprint density at radius 2 is 1.67 bits per heavy atom. The van der Waals surface area contributed by atoms with E-state index in [1.54, 1.807) is 11.0 Å². The minimum Gasteiger partial charge on any atom is -0.368 e. The third kappa shape index (κ3) is 5.29. The molecular formula is C24H23ClFN3O3S. The first-order valence-corrected chi connectivity index (χ1v) is 12.3. The van der Waals surface area contributed by atoms with Gasteiger partial charge >= 0.3 is 0 Å². The summed E-state index contributed by atoms with van der Waals surface area (Å²) in [5.74, 6) is -0.736. The number of hydrogen-bond donors (Lipinski definition) is 1. The van der Waals surface area contributed by atoms with Crippen molar-refractivity contribution in [2.24, 2.45) is 0 Å². The van der Waals surface area contributed by atoms with Crippen LogP contribution in [0.5, 0.6) is 0 Å². The largest absolute Gasteiger partial charge is 0.368 e. The molecule has 172 valence electrons. The van der Waals surface area contributed by atoms with E-state index in [0.29, 0.717) is 31.7 Å². The van der Waals surface area contributed by atoms with Crippen LogP contribution in [0.4, 0.5) is 15.8 Å². The lowest BCUT2D eigenvalue weighted by molar-refractivity contribution is 0.0747. The number of rotatable bonds is 5. The smallest absolute Gasteiger partial charge is 0.261 e. The number of benzene rings is 3. The summed E-state index contributed by atoms with van der Waals surface area (Å²) in [5.41, 5.74) is 2.74. The zero-order valence-electron chi connectivity index (χ0n) is 18.0. The van der Waals surface area contributed by atoms with Gasteiger partial charge in [-0.2, -0.15) is 0 Å². The Kier molecular flexibility index (Phi) is 6.58. The topological polar surface area (TPSA) is 69.7 Å². The third-order valence-electron chi connectivity index (χ3n) is 5.52. The van der Waals surface area contributed by atoms with Crippen LogP contribution in [0.25, 0.3) is 0 Å². The number of sulfonamides is 1. The van der Waals surface area contributed by atoms with Crippen molar-refractivity contribution < 1.29 is 17.6 Å². The Hall–Kier alpha value is -3.10. The standard InChI is InChI=1S/C24H23ClFN3O3S/c1-17-3-2-4-20(15-17)28-11-13-29(14-12-28)24(30)18-5-10-22(25)23(16-18)27-33(31,32)21-8-6-19(26)7-9-21/h2-10,15-16,27H,11-14H2,1H3. The van der Waals surface area contributed by atoms with Gasteiger partial charge in [0, 0.05) is 37.4 Å². The minimum atomic E-state index is -3.99. The van der Waals surface area contributed by atoms with Gasteiger partial charge in [-0.3, -0.25) is 9.52 Å². The van der Waals surface area contributed by atoms with Gasteiger partial charge in [-0.15, -0.1) is 0 Å². The number of carbonyl (C=O) groups excluding carboxylic acids is 1. The molecule has 0 unspecified atom stereocenters. The molecule has 1 heterocycles. The molecule has 3 aromatic rings. The summed E-state index contributed by atoms with van der Waals surface area (Å²) < 4.78 is 40.8. The van der Waals surface area contributed by atoms with Crippen molar-refractivity contribution in [2.75, 3.05) is 35.8 Å². The van der Waals surface area contributed by atoms with Crippen LogP contribution in [0.15, 0.2) is 71.6 Å². The molecule has 1 N–H and O–H groups in total. The Morgan fingerprint density at radius 3 is 2.33 bits per heavy atom. The molecule has 6 nitrogen and oxygen atoms in total. The molecule has 1 aliphatic heterocycles. The van der Waals surface area contributed by atoms with Gasteiger partial charge in [0.1, 0.15) is 5.82 Å². The average Bonchev–Trinajstić information content (AvgIpc) is 2.80. The van der Waals surface area contributed by atoms with Crippen molar-refractivity contribution in [3.8, 4) is 0 Å². The highest BCUT2D eigenvalue weighted by Crippen LogP contribution is 2.27. The highest BCUT2D eigenvalue weighted by Gasteiger charge is 2.24. The molecule has 1 amide bonds. The zero-order valence-corrected chi connectivity index (χ0v) is 19.5. The van der Waals surface area contributed by atoms with Gasteiger partial charge in [0.2, 0.25) is 0 Å². The SMILES string of the molecule is Cc1cccc(N2CCN(C(=O)c3ccc(Cl)c(NS(=O)(=O)c4ccc(F)cc4)c3)CC2)c1. The van der Waals surface area contributed by atoms with Gasteiger partial charge in [0.15, 0.2) is 0 Å². The Balaban J connectivity index is 1.47. The molecule has 33 heavy (non-hydrogen) atoms. The molecule has 1 fully saturated rings. The maximum Gasteiger partial charge on any atom is 0.261 e. The van der Waals surface area contributed by atoms with Crippen LogP contribution >= 0.6 is 11.6 Å². The Labute approximate surface area is 197 Å². The number of hydrogen-bond acceptors (Lipinski definition) is 4. The van der Waals surface area contributed by atoms with E-state index in [-0.39, 0.29) is 21.5 Å². The van der Waals surface area contributed by atoms with E-state index in [4.69, 9.17) is 11.6 Å². The van der Waals surface area contributed by atoms with E-state index in [0.717, 1.165) is 30.0 Å². The first kappa shape index (κ1) is 23.1. The van der Waals surface area contributed by atoms with Gasteiger partial charge in [-0.25, -0.2) is 12.8 Å². The lowest BCUT2D eigenvalue weighted by atomic mass is 10.1. The number of nitrogens with one attached hydrogen (secondary N) is 1. The fourth-order valence-corrected chi connectivity index (χ4v) is 5.02. The predicted octanol–water partition coefficient (Wildman–Crippen LogP) is 4.55. The van der Waals surface area contributed by atoms with Gasteiger partial charge in [0.05, 0.1) is 15.6 Å². The fraction of sp³-hybridized carbons (Fsp3) is 0.208. The second-order valence-corrected chi connectivity index (χ2v) is 9.96. The number of piperazine rings is 1. The Morgan fingerprint density at radius 1 is 0.970 bits per heavy atom. The quantitative estimate of drug-likeness (QED) is 0.573. The predicted molar refractivity (Wildman–Crippen MR) is 128 cm³/mol. The van der Waals surface area contributed by atoms with Gasteiger partial charge < -0.3 is 9.80 Å².